The van der Waals surface area contributed by atoms with E-state index in [0.717, 1.165) is 36.4 Å². The van der Waals surface area contributed by atoms with Gasteiger partial charge in [0.15, 0.2) is 0 Å². The maximum Gasteiger partial charge on any atom is 0.231 e. The number of ether oxygens (including phenoxy) is 1. The highest BCUT2D eigenvalue weighted by molar-refractivity contribution is 6.01. The molecule has 0 saturated carbocycles. The molecule has 0 spiro atoms. The van der Waals surface area contributed by atoms with Gasteiger partial charge in [-0.25, -0.2) is 0 Å². The molecule has 2 aromatic carbocycles. The van der Waals surface area contributed by atoms with E-state index >= 15 is 0 Å². The van der Waals surface area contributed by atoms with Crippen LogP contribution >= 0.6 is 0 Å². The monoisotopic (exact) mass is 281 g/mol. The van der Waals surface area contributed by atoms with Crippen molar-refractivity contribution in [3.8, 4) is 5.75 Å². The molecule has 2 aromatic rings. The molecule has 0 N–H and O–H groups in total. The molecule has 0 bridgehead atoms. The van der Waals surface area contributed by atoms with Gasteiger partial charge in [-0.3, -0.25) is 9.69 Å². The average molecular weight is 281 g/mol. The van der Waals surface area contributed by atoms with Crippen LogP contribution in [0.4, 0.5) is 11.4 Å². The van der Waals surface area contributed by atoms with E-state index in [0.29, 0.717) is 6.42 Å². The van der Waals surface area contributed by atoms with Crippen molar-refractivity contribution in [1.29, 1.82) is 0 Å². The molecule has 0 saturated heterocycles. The predicted octanol–water partition coefficient (Wildman–Crippen LogP) is 4.09. The highest BCUT2D eigenvalue weighted by atomic mass is 16.5. The Morgan fingerprint density at radius 1 is 1.00 bits per heavy atom. The number of fused-ring (bicyclic) bond motifs is 1. The highest BCUT2D eigenvalue weighted by Crippen LogP contribution is 2.34. The van der Waals surface area contributed by atoms with E-state index in [-0.39, 0.29) is 5.91 Å². The minimum Gasteiger partial charge on any atom is -0.497 e. The van der Waals surface area contributed by atoms with Crippen molar-refractivity contribution in [2.75, 3.05) is 12.0 Å². The first-order chi connectivity index (χ1) is 10.3. The molecule has 3 heteroatoms. The number of methoxy groups -OCH3 is 1. The second-order valence-corrected chi connectivity index (χ2v) is 5.27. The zero-order chi connectivity index (χ0) is 14.7. The number of carbonyl (C=O) groups excluding carboxylic acids is 1. The topological polar surface area (TPSA) is 29.5 Å². The molecule has 21 heavy (non-hydrogen) atoms. The molecular weight excluding hydrogens is 262 g/mol. The van der Waals surface area contributed by atoms with Gasteiger partial charge >= 0.3 is 0 Å². The van der Waals surface area contributed by atoms with Crippen LogP contribution < -0.4 is 9.64 Å². The lowest BCUT2D eigenvalue weighted by atomic mass is 10.00. The summed E-state index contributed by atoms with van der Waals surface area (Å²) in [7, 11) is 1.67. The van der Waals surface area contributed by atoms with Crippen LogP contribution in [0.1, 0.15) is 24.8 Å². The molecule has 0 radical (unpaired) electrons. The number of rotatable bonds is 2. The first kappa shape index (κ1) is 13.7. The summed E-state index contributed by atoms with van der Waals surface area (Å²) in [6, 6.07) is 15.8. The van der Waals surface area contributed by atoms with Gasteiger partial charge in [-0.05, 0) is 55.2 Å². The standard InChI is InChI=1S/C18H19NO2/c1-21-16-11-12-17-14(13-16)7-5-6-10-18(20)19(17)15-8-3-2-4-9-15/h2-4,8-9,11-13H,5-7,10H2,1H3. The quantitative estimate of drug-likeness (QED) is 0.830. The Hall–Kier alpha value is -2.29. The molecule has 3 rings (SSSR count). The van der Waals surface area contributed by atoms with Crippen molar-refractivity contribution in [3.63, 3.8) is 0 Å². The third-order valence-electron chi connectivity index (χ3n) is 3.88. The summed E-state index contributed by atoms with van der Waals surface area (Å²) < 4.78 is 5.32. The van der Waals surface area contributed by atoms with Crippen molar-refractivity contribution >= 4 is 17.3 Å². The van der Waals surface area contributed by atoms with Crippen molar-refractivity contribution < 1.29 is 9.53 Å². The van der Waals surface area contributed by atoms with Gasteiger partial charge in [-0.15, -0.1) is 0 Å². The molecule has 1 heterocycles. The van der Waals surface area contributed by atoms with Gasteiger partial charge in [0, 0.05) is 12.1 Å². The average Bonchev–Trinajstić information content (AvgIpc) is 2.52. The number of benzene rings is 2. The summed E-state index contributed by atoms with van der Waals surface area (Å²) in [5.74, 6) is 1.00. The van der Waals surface area contributed by atoms with E-state index in [1.165, 1.54) is 5.56 Å². The molecule has 108 valence electrons. The minimum atomic E-state index is 0.160. The predicted molar refractivity (Wildman–Crippen MR) is 84.1 cm³/mol. The van der Waals surface area contributed by atoms with Crippen molar-refractivity contribution in [1.82, 2.24) is 0 Å². The lowest BCUT2D eigenvalue weighted by Gasteiger charge is -2.27. The molecular formula is C18H19NO2. The summed E-state index contributed by atoms with van der Waals surface area (Å²) in [4.78, 5) is 14.4. The second kappa shape index (κ2) is 6.00. The minimum absolute atomic E-state index is 0.160. The van der Waals surface area contributed by atoms with E-state index in [2.05, 4.69) is 0 Å². The number of nitrogens with zero attached hydrogens (tertiary/aromatic N) is 1. The van der Waals surface area contributed by atoms with E-state index in [9.17, 15) is 4.79 Å². The fourth-order valence-electron chi connectivity index (χ4n) is 2.81. The van der Waals surface area contributed by atoms with Gasteiger partial charge in [0.1, 0.15) is 5.75 Å². The summed E-state index contributed by atoms with van der Waals surface area (Å²) in [5.41, 5.74) is 3.08. The van der Waals surface area contributed by atoms with Crippen LogP contribution in [-0.2, 0) is 11.2 Å². The number of hydrogen-bond donors (Lipinski definition) is 0. The van der Waals surface area contributed by atoms with Crippen LogP contribution in [-0.4, -0.2) is 13.0 Å². The molecule has 1 aliphatic heterocycles. The Morgan fingerprint density at radius 2 is 1.76 bits per heavy atom. The molecule has 0 fully saturated rings. The third-order valence-corrected chi connectivity index (χ3v) is 3.88. The van der Waals surface area contributed by atoms with Gasteiger partial charge < -0.3 is 4.74 Å². The van der Waals surface area contributed by atoms with Crippen LogP contribution in [0.25, 0.3) is 0 Å². The number of para-hydroxylation sites is 1. The van der Waals surface area contributed by atoms with Crippen LogP contribution in [0.5, 0.6) is 5.75 Å². The van der Waals surface area contributed by atoms with Crippen LogP contribution in [0, 0.1) is 0 Å². The van der Waals surface area contributed by atoms with E-state index in [1.807, 2.05) is 53.4 Å². The van der Waals surface area contributed by atoms with Crippen molar-refractivity contribution in [3.05, 3.63) is 54.1 Å². The fourth-order valence-corrected chi connectivity index (χ4v) is 2.81. The summed E-state index contributed by atoms with van der Waals surface area (Å²) in [6.07, 6.45) is 3.54. The number of hydrogen-bond acceptors (Lipinski definition) is 2. The number of amides is 1. The normalized spacial score (nSPS) is 15.1. The van der Waals surface area contributed by atoms with Gasteiger partial charge in [-0.2, -0.15) is 0 Å². The van der Waals surface area contributed by atoms with Crippen molar-refractivity contribution in [2.24, 2.45) is 0 Å². The van der Waals surface area contributed by atoms with Gasteiger partial charge in [0.05, 0.1) is 12.8 Å². The second-order valence-electron chi connectivity index (χ2n) is 5.27. The molecule has 0 atom stereocenters. The Bertz CT molecular complexity index is 637. The van der Waals surface area contributed by atoms with E-state index in [4.69, 9.17) is 4.74 Å². The number of aryl methyl sites for hydroxylation is 1. The van der Waals surface area contributed by atoms with E-state index in [1.54, 1.807) is 7.11 Å². The maximum atomic E-state index is 12.6. The zero-order valence-corrected chi connectivity index (χ0v) is 12.2. The smallest absolute Gasteiger partial charge is 0.231 e. The molecule has 3 nitrogen and oxygen atoms in total. The van der Waals surface area contributed by atoms with Gasteiger partial charge in [-0.1, -0.05) is 18.2 Å². The van der Waals surface area contributed by atoms with Crippen LogP contribution in [0.2, 0.25) is 0 Å². The first-order valence-corrected chi connectivity index (χ1v) is 7.34. The molecule has 0 aromatic heterocycles. The molecule has 1 aliphatic rings. The Kier molecular flexibility index (Phi) is 3.91. The molecule has 1 amide bonds. The third kappa shape index (κ3) is 2.77. The lowest BCUT2D eigenvalue weighted by molar-refractivity contribution is -0.118. The van der Waals surface area contributed by atoms with Crippen LogP contribution in [0.15, 0.2) is 48.5 Å². The fraction of sp³-hybridized carbons (Fsp3) is 0.278. The Labute approximate surface area is 125 Å². The number of anilines is 2. The van der Waals surface area contributed by atoms with Gasteiger partial charge in [0.2, 0.25) is 5.91 Å². The summed E-state index contributed by atoms with van der Waals surface area (Å²) in [5, 5.41) is 0. The maximum absolute atomic E-state index is 12.6. The Balaban J connectivity index is 2.11. The summed E-state index contributed by atoms with van der Waals surface area (Å²) >= 11 is 0. The lowest BCUT2D eigenvalue weighted by Crippen LogP contribution is -2.27. The van der Waals surface area contributed by atoms with Gasteiger partial charge in [0.25, 0.3) is 0 Å². The van der Waals surface area contributed by atoms with E-state index < -0.39 is 0 Å². The molecule has 0 unspecified atom stereocenters. The van der Waals surface area contributed by atoms with Crippen molar-refractivity contribution in [2.45, 2.75) is 25.7 Å². The summed E-state index contributed by atoms with van der Waals surface area (Å²) in [6.45, 7) is 0. The zero-order valence-electron chi connectivity index (χ0n) is 12.2. The SMILES string of the molecule is COc1ccc2c(c1)CCCCC(=O)N2c1ccccc1. The Morgan fingerprint density at radius 3 is 2.52 bits per heavy atom. The van der Waals surface area contributed by atoms with Crippen LogP contribution in [0.3, 0.4) is 0 Å². The number of carbonyl (C=O) groups is 1. The largest absolute Gasteiger partial charge is 0.497 e. The highest BCUT2D eigenvalue weighted by Gasteiger charge is 2.22. The first-order valence-electron chi connectivity index (χ1n) is 7.34. The molecule has 0 aliphatic carbocycles.